The van der Waals surface area contributed by atoms with Gasteiger partial charge in [0.05, 0.1) is 12.6 Å². The molecule has 0 aromatic heterocycles. The lowest BCUT2D eigenvalue weighted by Crippen LogP contribution is -2.55. The molecule has 0 radical (unpaired) electrons. The van der Waals surface area contributed by atoms with E-state index in [-0.39, 0.29) is 12.5 Å². The van der Waals surface area contributed by atoms with E-state index in [2.05, 4.69) is 5.32 Å². The number of nitrogens with one attached hydrogen (secondary N) is 1. The quantitative estimate of drug-likeness (QED) is 0.798. The fraction of sp³-hybridized carbons (Fsp3) is 0.500. The predicted molar refractivity (Wildman–Crippen MR) is 81.4 cm³/mol. The van der Waals surface area contributed by atoms with Crippen molar-refractivity contribution in [3.63, 3.8) is 0 Å². The molecule has 132 valence electrons. The first-order chi connectivity index (χ1) is 11.4. The predicted octanol–water partition coefficient (Wildman–Crippen LogP) is 0.719. The molecular weight excluding hydrogens is 322 g/mol. The molecule has 2 amide bonds. The fourth-order valence-corrected chi connectivity index (χ4v) is 2.62. The maximum absolute atomic E-state index is 13.1. The molecule has 1 heterocycles. The van der Waals surface area contributed by atoms with Crippen molar-refractivity contribution in [2.75, 3.05) is 26.3 Å². The number of benzene rings is 1. The van der Waals surface area contributed by atoms with Gasteiger partial charge in [0.2, 0.25) is 5.91 Å². The Morgan fingerprint density at radius 2 is 2.08 bits per heavy atom. The average Bonchev–Trinajstić information content (AvgIpc) is 2.60. The molecular formula is C16H20F2N2O4. The van der Waals surface area contributed by atoms with Crippen molar-refractivity contribution in [3.8, 4) is 0 Å². The van der Waals surface area contributed by atoms with Gasteiger partial charge in [-0.2, -0.15) is 0 Å². The van der Waals surface area contributed by atoms with Gasteiger partial charge in [0, 0.05) is 6.54 Å². The summed E-state index contributed by atoms with van der Waals surface area (Å²) in [7, 11) is 0. The zero-order valence-corrected chi connectivity index (χ0v) is 13.2. The summed E-state index contributed by atoms with van der Waals surface area (Å²) in [6.07, 6.45) is -1.10. The molecule has 0 saturated carbocycles. The Balaban J connectivity index is 2.22. The van der Waals surface area contributed by atoms with Crippen molar-refractivity contribution in [2.45, 2.75) is 25.0 Å². The topological polar surface area (TPSA) is 78.9 Å². The van der Waals surface area contributed by atoms with Crippen LogP contribution in [0.25, 0.3) is 0 Å². The molecule has 0 unspecified atom stereocenters. The lowest BCUT2D eigenvalue weighted by atomic mass is 9.97. The van der Waals surface area contributed by atoms with Gasteiger partial charge < -0.3 is 20.1 Å². The standard InChI is InChI=1S/C16H20F2N2O4/c1-2-20-12(22)8-24-14(13(20)11-6-4-3-5-7-11)15(23)19-9-16(17,18)10-21/h3-7,13-14,21H,2,8-10H2,1H3,(H,19,23)/t13-,14+/m1/s1. The molecule has 1 fully saturated rings. The van der Waals surface area contributed by atoms with Crippen LogP contribution in [0.3, 0.4) is 0 Å². The first-order valence-corrected chi connectivity index (χ1v) is 7.62. The van der Waals surface area contributed by atoms with Gasteiger partial charge in [-0.3, -0.25) is 9.59 Å². The van der Waals surface area contributed by atoms with Crippen molar-refractivity contribution in [1.29, 1.82) is 0 Å². The van der Waals surface area contributed by atoms with Crippen LogP contribution in [0.15, 0.2) is 30.3 Å². The van der Waals surface area contributed by atoms with Crippen LogP contribution < -0.4 is 5.32 Å². The number of ether oxygens (including phenoxy) is 1. The highest BCUT2D eigenvalue weighted by Gasteiger charge is 2.41. The van der Waals surface area contributed by atoms with Crippen LogP contribution in [0, 0.1) is 0 Å². The third-order valence-electron chi connectivity index (χ3n) is 3.82. The van der Waals surface area contributed by atoms with E-state index in [0.29, 0.717) is 12.1 Å². The summed E-state index contributed by atoms with van der Waals surface area (Å²) in [5, 5.41) is 10.7. The third-order valence-corrected chi connectivity index (χ3v) is 3.82. The molecule has 2 atom stereocenters. The van der Waals surface area contributed by atoms with Crippen molar-refractivity contribution < 1.29 is 28.2 Å². The minimum absolute atomic E-state index is 0.268. The Morgan fingerprint density at radius 3 is 2.67 bits per heavy atom. The number of nitrogens with zero attached hydrogens (tertiary/aromatic N) is 1. The SMILES string of the molecule is CCN1C(=O)CO[C@H](C(=O)NCC(F)(F)CO)[C@H]1c1ccccc1. The zero-order chi connectivity index (χ0) is 17.7. The minimum Gasteiger partial charge on any atom is -0.390 e. The monoisotopic (exact) mass is 342 g/mol. The summed E-state index contributed by atoms with van der Waals surface area (Å²) in [6.45, 7) is -0.512. The van der Waals surface area contributed by atoms with E-state index in [1.54, 1.807) is 37.3 Å². The number of morpholine rings is 1. The molecule has 8 heteroatoms. The molecule has 1 aromatic rings. The molecule has 2 rings (SSSR count). The van der Waals surface area contributed by atoms with Gasteiger partial charge in [0.1, 0.15) is 13.2 Å². The van der Waals surface area contributed by atoms with Crippen molar-refractivity contribution >= 4 is 11.8 Å². The molecule has 1 aliphatic heterocycles. The zero-order valence-electron chi connectivity index (χ0n) is 13.2. The van der Waals surface area contributed by atoms with E-state index in [1.807, 2.05) is 0 Å². The number of aliphatic hydroxyl groups is 1. The van der Waals surface area contributed by atoms with Gasteiger partial charge >= 0.3 is 0 Å². The molecule has 0 bridgehead atoms. The highest BCUT2D eigenvalue weighted by atomic mass is 19.3. The first-order valence-electron chi connectivity index (χ1n) is 7.62. The number of hydrogen-bond acceptors (Lipinski definition) is 4. The Kier molecular flexibility index (Phi) is 5.84. The molecule has 24 heavy (non-hydrogen) atoms. The van der Waals surface area contributed by atoms with Gasteiger partial charge in [-0.15, -0.1) is 0 Å². The minimum atomic E-state index is -3.41. The van der Waals surface area contributed by atoms with Crippen LogP contribution in [0.4, 0.5) is 8.78 Å². The van der Waals surface area contributed by atoms with Crippen molar-refractivity contribution in [3.05, 3.63) is 35.9 Å². The first kappa shape index (κ1) is 18.3. The normalized spacial score (nSPS) is 21.7. The number of amides is 2. The second-order valence-corrected chi connectivity index (χ2v) is 5.50. The second kappa shape index (κ2) is 7.67. The van der Waals surface area contributed by atoms with Crippen LogP contribution in [0.2, 0.25) is 0 Å². The summed E-state index contributed by atoms with van der Waals surface area (Å²) in [4.78, 5) is 25.9. The van der Waals surface area contributed by atoms with Gasteiger partial charge in [-0.05, 0) is 12.5 Å². The van der Waals surface area contributed by atoms with Crippen molar-refractivity contribution in [1.82, 2.24) is 10.2 Å². The molecule has 0 aliphatic carbocycles. The van der Waals surface area contributed by atoms with Crippen LogP contribution in [0.5, 0.6) is 0 Å². The number of alkyl halides is 2. The molecule has 6 nitrogen and oxygen atoms in total. The maximum Gasteiger partial charge on any atom is 0.287 e. The summed E-state index contributed by atoms with van der Waals surface area (Å²) in [6, 6.07) is 8.12. The third kappa shape index (κ3) is 4.07. The Bertz CT molecular complexity index is 583. The number of rotatable bonds is 6. The largest absolute Gasteiger partial charge is 0.390 e. The summed E-state index contributed by atoms with van der Waals surface area (Å²) in [5.41, 5.74) is 0.682. The summed E-state index contributed by atoms with van der Waals surface area (Å²) >= 11 is 0. The molecule has 1 aromatic carbocycles. The van der Waals surface area contributed by atoms with E-state index in [9.17, 15) is 18.4 Å². The highest BCUT2D eigenvalue weighted by Crippen LogP contribution is 2.30. The molecule has 2 N–H and O–H groups in total. The van der Waals surface area contributed by atoms with Gasteiger partial charge in [0.25, 0.3) is 11.8 Å². The van der Waals surface area contributed by atoms with Crippen LogP contribution in [-0.2, 0) is 14.3 Å². The average molecular weight is 342 g/mol. The number of carbonyl (C=O) groups excluding carboxylic acids is 2. The lowest BCUT2D eigenvalue weighted by Gasteiger charge is -2.40. The van der Waals surface area contributed by atoms with E-state index in [1.165, 1.54) is 4.90 Å². The van der Waals surface area contributed by atoms with Crippen LogP contribution >= 0.6 is 0 Å². The van der Waals surface area contributed by atoms with Gasteiger partial charge in [-0.25, -0.2) is 8.78 Å². The number of carbonyl (C=O) groups is 2. The lowest BCUT2D eigenvalue weighted by molar-refractivity contribution is -0.164. The summed E-state index contributed by atoms with van der Waals surface area (Å²) in [5.74, 6) is -4.42. The number of aliphatic hydroxyl groups excluding tert-OH is 1. The molecule has 1 aliphatic rings. The van der Waals surface area contributed by atoms with E-state index >= 15 is 0 Å². The smallest absolute Gasteiger partial charge is 0.287 e. The number of hydrogen-bond donors (Lipinski definition) is 2. The van der Waals surface area contributed by atoms with E-state index < -0.39 is 37.1 Å². The molecule has 0 spiro atoms. The van der Waals surface area contributed by atoms with E-state index in [4.69, 9.17) is 9.84 Å². The Hall–Kier alpha value is -2.06. The van der Waals surface area contributed by atoms with Gasteiger partial charge in [0.15, 0.2) is 6.10 Å². The van der Waals surface area contributed by atoms with Crippen LogP contribution in [-0.4, -0.2) is 60.2 Å². The Labute approximate surface area is 138 Å². The molecule has 1 saturated heterocycles. The second-order valence-electron chi connectivity index (χ2n) is 5.50. The van der Waals surface area contributed by atoms with Gasteiger partial charge in [-0.1, -0.05) is 30.3 Å². The highest BCUT2D eigenvalue weighted by molar-refractivity contribution is 5.86. The number of halogens is 2. The van der Waals surface area contributed by atoms with E-state index in [0.717, 1.165) is 0 Å². The van der Waals surface area contributed by atoms with Crippen molar-refractivity contribution in [2.24, 2.45) is 0 Å². The maximum atomic E-state index is 13.1. The Morgan fingerprint density at radius 1 is 1.42 bits per heavy atom. The number of likely N-dealkylation sites (N-methyl/N-ethyl adjacent to an activating group) is 1. The van der Waals surface area contributed by atoms with Crippen LogP contribution in [0.1, 0.15) is 18.5 Å². The fourth-order valence-electron chi connectivity index (χ4n) is 2.62. The summed E-state index contributed by atoms with van der Waals surface area (Å²) < 4.78 is 31.6.